The SMILES string of the molecule is CCCCC(CC)C(=O)N(CC(=O)N(Cc1ccccc1)Cc1cccs1)C1CC1. The van der Waals surface area contributed by atoms with Gasteiger partial charge in [0, 0.05) is 23.4 Å². The lowest BCUT2D eigenvalue weighted by Crippen LogP contribution is -2.45. The van der Waals surface area contributed by atoms with Gasteiger partial charge >= 0.3 is 0 Å². The van der Waals surface area contributed by atoms with E-state index in [1.807, 2.05) is 39.4 Å². The molecule has 1 aromatic heterocycles. The molecule has 1 fully saturated rings. The van der Waals surface area contributed by atoms with Crippen LogP contribution < -0.4 is 0 Å². The minimum absolute atomic E-state index is 0.0397. The molecule has 2 amide bonds. The van der Waals surface area contributed by atoms with Crippen LogP contribution in [0.1, 0.15) is 62.8 Å². The molecule has 0 aliphatic heterocycles. The summed E-state index contributed by atoms with van der Waals surface area (Å²) < 4.78 is 0. The van der Waals surface area contributed by atoms with Gasteiger partial charge in [-0.25, -0.2) is 0 Å². The maximum absolute atomic E-state index is 13.4. The van der Waals surface area contributed by atoms with Crippen molar-refractivity contribution in [3.05, 3.63) is 58.3 Å². The third kappa shape index (κ3) is 6.43. The molecule has 1 aliphatic carbocycles. The normalized spacial score (nSPS) is 14.3. The standard InChI is InChI=1S/C25H34N2O2S/c1-3-5-12-21(4-2)25(29)27(22-14-15-22)19-24(28)26(18-23-13-9-16-30-23)17-20-10-7-6-8-11-20/h6-11,13,16,21-22H,3-5,12,14-15,17-19H2,1-2H3. The Hall–Kier alpha value is -2.14. The van der Waals surface area contributed by atoms with Gasteiger partial charge in [0.1, 0.15) is 6.54 Å². The van der Waals surface area contributed by atoms with Gasteiger partial charge in [0.05, 0.1) is 6.54 Å². The van der Waals surface area contributed by atoms with E-state index in [0.717, 1.165) is 49.0 Å². The Morgan fingerprint density at radius 1 is 1.07 bits per heavy atom. The second kappa shape index (κ2) is 11.3. The molecule has 0 radical (unpaired) electrons. The van der Waals surface area contributed by atoms with Crippen molar-refractivity contribution in [1.82, 2.24) is 9.80 Å². The monoisotopic (exact) mass is 426 g/mol. The minimum Gasteiger partial charge on any atom is -0.332 e. The summed E-state index contributed by atoms with van der Waals surface area (Å²) in [5, 5.41) is 2.04. The number of nitrogens with zero attached hydrogens (tertiary/aromatic N) is 2. The van der Waals surface area contributed by atoms with E-state index in [4.69, 9.17) is 0 Å². The molecule has 0 spiro atoms. The van der Waals surface area contributed by atoms with Crippen molar-refractivity contribution in [2.45, 2.75) is 71.5 Å². The highest BCUT2D eigenvalue weighted by molar-refractivity contribution is 7.09. The third-order valence-corrected chi connectivity index (χ3v) is 6.68. The first-order chi connectivity index (χ1) is 14.6. The molecule has 1 atom stereocenters. The first kappa shape index (κ1) is 22.5. The van der Waals surface area contributed by atoms with Crippen LogP contribution in [0, 0.1) is 5.92 Å². The lowest BCUT2D eigenvalue weighted by Gasteiger charge is -2.30. The Balaban J connectivity index is 1.72. The van der Waals surface area contributed by atoms with Gasteiger partial charge in [0.25, 0.3) is 0 Å². The summed E-state index contributed by atoms with van der Waals surface area (Å²) in [7, 11) is 0. The Morgan fingerprint density at radius 3 is 2.43 bits per heavy atom. The summed E-state index contributed by atoms with van der Waals surface area (Å²) in [5.74, 6) is 0.258. The Kier molecular flexibility index (Phi) is 8.50. The highest BCUT2D eigenvalue weighted by Gasteiger charge is 2.37. The second-order valence-corrected chi connectivity index (χ2v) is 9.29. The first-order valence-corrected chi connectivity index (χ1v) is 12.1. The topological polar surface area (TPSA) is 40.6 Å². The third-order valence-electron chi connectivity index (χ3n) is 5.82. The molecular weight excluding hydrogens is 392 g/mol. The molecule has 0 bridgehead atoms. The van der Waals surface area contributed by atoms with Crippen LogP contribution in [-0.4, -0.2) is 34.2 Å². The number of carbonyl (C=O) groups is 2. The van der Waals surface area contributed by atoms with Gasteiger partial charge < -0.3 is 9.80 Å². The number of unbranched alkanes of at least 4 members (excludes halogenated alkanes) is 1. The highest BCUT2D eigenvalue weighted by Crippen LogP contribution is 2.30. The fourth-order valence-corrected chi connectivity index (χ4v) is 4.55. The molecule has 1 heterocycles. The van der Waals surface area contributed by atoms with E-state index in [9.17, 15) is 9.59 Å². The molecule has 1 saturated carbocycles. The van der Waals surface area contributed by atoms with Crippen LogP contribution >= 0.6 is 11.3 Å². The van der Waals surface area contributed by atoms with E-state index in [2.05, 4.69) is 32.0 Å². The summed E-state index contributed by atoms with van der Waals surface area (Å²) in [4.78, 5) is 31.6. The summed E-state index contributed by atoms with van der Waals surface area (Å²) in [6.45, 7) is 5.60. The molecule has 1 aromatic carbocycles. The van der Waals surface area contributed by atoms with Crippen LogP contribution in [0.15, 0.2) is 47.8 Å². The molecule has 0 saturated heterocycles. The van der Waals surface area contributed by atoms with Gasteiger partial charge in [0.2, 0.25) is 11.8 Å². The zero-order chi connectivity index (χ0) is 21.3. The molecule has 3 rings (SSSR count). The average Bonchev–Trinajstić information content (AvgIpc) is 3.48. The Morgan fingerprint density at radius 2 is 1.83 bits per heavy atom. The smallest absolute Gasteiger partial charge is 0.242 e. The predicted octanol–water partition coefficient (Wildman–Crippen LogP) is 5.48. The first-order valence-electron chi connectivity index (χ1n) is 11.3. The van der Waals surface area contributed by atoms with Crippen molar-refractivity contribution in [3.8, 4) is 0 Å². The maximum Gasteiger partial charge on any atom is 0.242 e. The van der Waals surface area contributed by atoms with Crippen molar-refractivity contribution in [2.24, 2.45) is 5.92 Å². The number of hydrogen-bond donors (Lipinski definition) is 0. The van der Waals surface area contributed by atoms with E-state index in [1.54, 1.807) is 11.3 Å². The van der Waals surface area contributed by atoms with Gasteiger partial charge in [0.15, 0.2) is 0 Å². The predicted molar refractivity (Wildman–Crippen MR) is 123 cm³/mol. The molecule has 5 heteroatoms. The molecular formula is C25H34N2O2S. The number of carbonyl (C=O) groups excluding carboxylic acids is 2. The zero-order valence-corrected chi connectivity index (χ0v) is 19.1. The second-order valence-electron chi connectivity index (χ2n) is 8.26. The highest BCUT2D eigenvalue weighted by atomic mass is 32.1. The van der Waals surface area contributed by atoms with Crippen LogP contribution in [0.25, 0.3) is 0 Å². The summed E-state index contributed by atoms with van der Waals surface area (Å²) in [6.07, 6.45) is 5.97. The van der Waals surface area contributed by atoms with Gasteiger partial charge in [-0.15, -0.1) is 11.3 Å². The van der Waals surface area contributed by atoms with Gasteiger partial charge in [-0.2, -0.15) is 0 Å². The Labute approximate surface area is 184 Å². The van der Waals surface area contributed by atoms with Crippen LogP contribution in [0.4, 0.5) is 0 Å². The molecule has 30 heavy (non-hydrogen) atoms. The van der Waals surface area contributed by atoms with Crippen molar-refractivity contribution < 1.29 is 9.59 Å². The fraction of sp³-hybridized carbons (Fsp3) is 0.520. The molecule has 0 N–H and O–H groups in total. The zero-order valence-electron chi connectivity index (χ0n) is 18.3. The van der Waals surface area contributed by atoms with Crippen molar-refractivity contribution in [2.75, 3.05) is 6.54 Å². The number of hydrogen-bond acceptors (Lipinski definition) is 3. The van der Waals surface area contributed by atoms with Gasteiger partial charge in [-0.1, -0.05) is 63.1 Å². The lowest BCUT2D eigenvalue weighted by molar-refractivity contribution is -0.144. The number of amides is 2. The summed E-state index contributed by atoms with van der Waals surface area (Å²) in [5.41, 5.74) is 1.11. The van der Waals surface area contributed by atoms with Crippen LogP contribution in [0.5, 0.6) is 0 Å². The lowest BCUT2D eigenvalue weighted by atomic mass is 9.97. The molecule has 162 valence electrons. The van der Waals surface area contributed by atoms with Crippen LogP contribution in [-0.2, 0) is 22.7 Å². The number of benzene rings is 1. The maximum atomic E-state index is 13.4. The largest absolute Gasteiger partial charge is 0.332 e. The van der Waals surface area contributed by atoms with E-state index < -0.39 is 0 Å². The molecule has 1 unspecified atom stereocenters. The average molecular weight is 427 g/mol. The minimum atomic E-state index is 0.0397. The van der Waals surface area contributed by atoms with Gasteiger partial charge in [-0.3, -0.25) is 9.59 Å². The molecule has 4 nitrogen and oxygen atoms in total. The van der Waals surface area contributed by atoms with Crippen molar-refractivity contribution in [1.29, 1.82) is 0 Å². The van der Waals surface area contributed by atoms with E-state index >= 15 is 0 Å². The van der Waals surface area contributed by atoms with Crippen molar-refractivity contribution in [3.63, 3.8) is 0 Å². The summed E-state index contributed by atoms with van der Waals surface area (Å²) >= 11 is 1.67. The fourth-order valence-electron chi connectivity index (χ4n) is 3.83. The number of rotatable bonds is 12. The van der Waals surface area contributed by atoms with Gasteiger partial charge in [-0.05, 0) is 42.7 Å². The van der Waals surface area contributed by atoms with E-state index in [1.165, 1.54) is 0 Å². The number of thiophene rings is 1. The molecule has 2 aromatic rings. The van der Waals surface area contributed by atoms with Crippen molar-refractivity contribution >= 4 is 23.2 Å². The van der Waals surface area contributed by atoms with E-state index in [0.29, 0.717) is 13.1 Å². The molecule has 1 aliphatic rings. The van der Waals surface area contributed by atoms with Crippen LogP contribution in [0.2, 0.25) is 0 Å². The summed E-state index contributed by atoms with van der Waals surface area (Å²) in [6, 6.07) is 14.4. The van der Waals surface area contributed by atoms with Crippen LogP contribution in [0.3, 0.4) is 0 Å². The Bertz CT molecular complexity index is 787. The van der Waals surface area contributed by atoms with E-state index in [-0.39, 0.29) is 30.3 Å². The quantitative estimate of drug-likeness (QED) is 0.451.